The number of nitrogens with one attached hydrogen (secondary N) is 1. The van der Waals surface area contributed by atoms with E-state index in [0.29, 0.717) is 46.5 Å². The van der Waals surface area contributed by atoms with Gasteiger partial charge in [-0.3, -0.25) is 9.59 Å². The van der Waals surface area contributed by atoms with Crippen molar-refractivity contribution in [2.75, 3.05) is 38.2 Å². The lowest BCUT2D eigenvalue weighted by atomic mass is 10.1. The summed E-state index contributed by atoms with van der Waals surface area (Å²) >= 11 is 0. The first-order valence-corrected chi connectivity index (χ1v) is 10.3. The van der Waals surface area contributed by atoms with Crippen LogP contribution in [0.4, 0.5) is 11.4 Å². The fourth-order valence-corrected chi connectivity index (χ4v) is 3.64. The van der Waals surface area contributed by atoms with Crippen molar-refractivity contribution in [1.82, 2.24) is 0 Å². The Labute approximate surface area is 191 Å². The van der Waals surface area contributed by atoms with Crippen LogP contribution in [0.2, 0.25) is 0 Å². The van der Waals surface area contributed by atoms with Crippen LogP contribution in [-0.2, 0) is 11.3 Å². The van der Waals surface area contributed by atoms with E-state index in [4.69, 9.17) is 18.9 Å². The smallest absolute Gasteiger partial charge is 0.265 e. The molecule has 0 saturated heterocycles. The Balaban J connectivity index is 1.62. The molecule has 0 bridgehead atoms. The van der Waals surface area contributed by atoms with Crippen LogP contribution in [0.1, 0.15) is 15.9 Å². The summed E-state index contributed by atoms with van der Waals surface area (Å²) in [6.07, 6.45) is 0. The van der Waals surface area contributed by atoms with Gasteiger partial charge in [-0.15, -0.1) is 0 Å². The van der Waals surface area contributed by atoms with Crippen LogP contribution in [0.15, 0.2) is 60.7 Å². The lowest BCUT2D eigenvalue weighted by Crippen LogP contribution is -2.38. The van der Waals surface area contributed by atoms with Crippen LogP contribution in [0.25, 0.3) is 0 Å². The van der Waals surface area contributed by atoms with Crippen LogP contribution in [-0.4, -0.2) is 39.8 Å². The Hall–Kier alpha value is -4.20. The number of carbonyl (C=O) groups excluding carboxylic acids is 2. The summed E-state index contributed by atoms with van der Waals surface area (Å²) in [5, 5.41) is 2.84. The summed E-state index contributed by atoms with van der Waals surface area (Å²) in [5.41, 5.74) is 2.37. The van der Waals surface area contributed by atoms with Crippen molar-refractivity contribution < 1.29 is 28.5 Å². The standard InChI is InChI=1S/C25H24N2O6/c1-30-21-12-18(13-22(31-2)24(21)32-3)26-25(29)17-9-10-20-19(11-17)27(23(28)15-33-20)14-16-7-5-4-6-8-16/h4-13H,14-15H2,1-3H3,(H,26,29). The lowest BCUT2D eigenvalue weighted by molar-refractivity contribution is -0.121. The zero-order chi connectivity index (χ0) is 23.4. The molecule has 0 radical (unpaired) electrons. The van der Waals surface area contributed by atoms with Crippen LogP contribution >= 0.6 is 0 Å². The van der Waals surface area contributed by atoms with Crippen LogP contribution in [0.5, 0.6) is 23.0 Å². The molecule has 0 spiro atoms. The number of nitrogens with zero attached hydrogens (tertiary/aromatic N) is 1. The molecule has 0 atom stereocenters. The van der Waals surface area contributed by atoms with Gasteiger partial charge in [0, 0.05) is 23.4 Å². The molecule has 33 heavy (non-hydrogen) atoms. The minimum atomic E-state index is -0.357. The minimum Gasteiger partial charge on any atom is -0.493 e. The van der Waals surface area contributed by atoms with Gasteiger partial charge in [0.05, 0.1) is 33.6 Å². The number of rotatable bonds is 7. The van der Waals surface area contributed by atoms with Gasteiger partial charge in [0.25, 0.3) is 11.8 Å². The third kappa shape index (κ3) is 4.55. The topological polar surface area (TPSA) is 86.3 Å². The van der Waals surface area contributed by atoms with Crippen molar-refractivity contribution in [2.24, 2.45) is 0 Å². The van der Waals surface area contributed by atoms with E-state index in [0.717, 1.165) is 5.56 Å². The Morgan fingerprint density at radius 2 is 1.67 bits per heavy atom. The second kappa shape index (κ2) is 9.52. The Bertz CT molecular complexity index is 1150. The monoisotopic (exact) mass is 448 g/mol. The van der Waals surface area contributed by atoms with Crippen LogP contribution in [0, 0.1) is 0 Å². The maximum Gasteiger partial charge on any atom is 0.265 e. The highest BCUT2D eigenvalue weighted by atomic mass is 16.5. The van der Waals surface area contributed by atoms with Gasteiger partial charge >= 0.3 is 0 Å². The van der Waals surface area contributed by atoms with Gasteiger partial charge in [-0.1, -0.05) is 30.3 Å². The minimum absolute atomic E-state index is 0.0448. The Morgan fingerprint density at radius 3 is 2.30 bits per heavy atom. The van der Waals surface area contributed by atoms with Gasteiger partial charge in [0.15, 0.2) is 18.1 Å². The molecule has 8 nitrogen and oxygen atoms in total. The Morgan fingerprint density at radius 1 is 0.970 bits per heavy atom. The van der Waals surface area contributed by atoms with Crippen LogP contribution < -0.4 is 29.2 Å². The predicted molar refractivity (Wildman–Crippen MR) is 124 cm³/mol. The molecule has 170 valence electrons. The number of amides is 2. The molecule has 3 aromatic rings. The Kier molecular flexibility index (Phi) is 6.35. The molecule has 1 aliphatic rings. The van der Waals surface area contributed by atoms with Crippen molar-refractivity contribution in [2.45, 2.75) is 6.54 Å². The second-order valence-corrected chi connectivity index (χ2v) is 7.30. The highest BCUT2D eigenvalue weighted by Gasteiger charge is 2.27. The molecular weight excluding hydrogens is 424 g/mol. The van der Waals surface area contributed by atoms with E-state index in [-0.39, 0.29) is 18.4 Å². The molecular formula is C25H24N2O6. The van der Waals surface area contributed by atoms with Gasteiger partial charge in [-0.05, 0) is 23.8 Å². The first-order chi connectivity index (χ1) is 16.0. The van der Waals surface area contributed by atoms with Crippen LogP contribution in [0.3, 0.4) is 0 Å². The summed E-state index contributed by atoms with van der Waals surface area (Å²) in [6, 6.07) is 18.0. The summed E-state index contributed by atoms with van der Waals surface area (Å²) < 4.78 is 21.6. The van der Waals surface area contributed by atoms with Crippen molar-refractivity contribution in [3.05, 3.63) is 71.8 Å². The number of methoxy groups -OCH3 is 3. The second-order valence-electron chi connectivity index (χ2n) is 7.30. The molecule has 2 amide bonds. The van der Waals surface area contributed by atoms with Crippen molar-refractivity contribution in [3.63, 3.8) is 0 Å². The third-order valence-corrected chi connectivity index (χ3v) is 5.27. The number of hydrogen-bond donors (Lipinski definition) is 1. The fraction of sp³-hybridized carbons (Fsp3) is 0.200. The maximum atomic E-state index is 13.0. The summed E-state index contributed by atoms with van der Waals surface area (Å²) in [6.45, 7) is 0.338. The molecule has 0 aromatic heterocycles. The fourth-order valence-electron chi connectivity index (χ4n) is 3.64. The highest BCUT2D eigenvalue weighted by Crippen LogP contribution is 2.40. The normalized spacial score (nSPS) is 12.5. The number of fused-ring (bicyclic) bond motifs is 1. The summed E-state index contributed by atoms with van der Waals surface area (Å²) in [4.78, 5) is 27.3. The molecule has 8 heteroatoms. The van der Waals surface area contributed by atoms with E-state index in [1.165, 1.54) is 21.3 Å². The summed E-state index contributed by atoms with van der Waals surface area (Å²) in [5.74, 6) is 1.29. The molecule has 1 heterocycles. The quantitative estimate of drug-likeness (QED) is 0.590. The van der Waals surface area contributed by atoms with Gasteiger partial charge < -0.3 is 29.2 Å². The average Bonchev–Trinajstić information content (AvgIpc) is 2.85. The first kappa shape index (κ1) is 22.0. The zero-order valence-electron chi connectivity index (χ0n) is 18.6. The van der Waals surface area contributed by atoms with E-state index in [2.05, 4.69) is 5.32 Å². The highest BCUT2D eigenvalue weighted by molar-refractivity contribution is 6.07. The number of anilines is 2. The molecule has 1 aliphatic heterocycles. The molecule has 0 fully saturated rings. The maximum absolute atomic E-state index is 13.0. The molecule has 0 saturated carbocycles. The van der Waals surface area contributed by atoms with E-state index in [9.17, 15) is 9.59 Å². The molecule has 0 unspecified atom stereocenters. The first-order valence-electron chi connectivity index (χ1n) is 10.3. The molecule has 3 aromatic carbocycles. The summed E-state index contributed by atoms with van der Waals surface area (Å²) in [7, 11) is 4.52. The van der Waals surface area contributed by atoms with E-state index < -0.39 is 0 Å². The van der Waals surface area contributed by atoms with Gasteiger partial charge in [0.2, 0.25) is 5.75 Å². The lowest BCUT2D eigenvalue weighted by Gasteiger charge is -2.30. The SMILES string of the molecule is COc1cc(NC(=O)c2ccc3c(c2)N(Cc2ccccc2)C(=O)CO3)cc(OC)c1OC. The van der Waals surface area contributed by atoms with Gasteiger partial charge in [-0.2, -0.15) is 0 Å². The largest absolute Gasteiger partial charge is 0.493 e. The van der Waals surface area contributed by atoms with Gasteiger partial charge in [0.1, 0.15) is 5.75 Å². The van der Waals surface area contributed by atoms with Crippen molar-refractivity contribution >= 4 is 23.2 Å². The number of carbonyl (C=O) groups is 2. The van der Waals surface area contributed by atoms with E-state index in [1.54, 1.807) is 35.2 Å². The number of ether oxygens (including phenoxy) is 4. The van der Waals surface area contributed by atoms with E-state index >= 15 is 0 Å². The van der Waals surface area contributed by atoms with Gasteiger partial charge in [-0.25, -0.2) is 0 Å². The predicted octanol–water partition coefficient (Wildman–Crippen LogP) is 3.89. The molecule has 1 N–H and O–H groups in total. The zero-order valence-corrected chi connectivity index (χ0v) is 18.6. The molecule has 4 rings (SSSR count). The number of hydrogen-bond acceptors (Lipinski definition) is 6. The van der Waals surface area contributed by atoms with E-state index in [1.807, 2.05) is 30.3 Å². The molecule has 0 aliphatic carbocycles. The third-order valence-electron chi connectivity index (χ3n) is 5.27. The number of benzene rings is 3. The average molecular weight is 448 g/mol. The van der Waals surface area contributed by atoms with Crippen molar-refractivity contribution in [3.8, 4) is 23.0 Å². The van der Waals surface area contributed by atoms with Crippen molar-refractivity contribution in [1.29, 1.82) is 0 Å².